The highest BCUT2D eigenvalue weighted by atomic mass is 35.5. The molecule has 1 N–H and O–H groups in total. The van der Waals surface area contributed by atoms with Gasteiger partial charge in [-0.2, -0.15) is 0 Å². The lowest BCUT2D eigenvalue weighted by molar-refractivity contribution is 0.559. The van der Waals surface area contributed by atoms with Gasteiger partial charge in [-0.3, -0.25) is 0 Å². The molecule has 0 aliphatic rings. The number of hydrogen-bond donors (Lipinski definition) is 1. The zero-order valence-electron chi connectivity index (χ0n) is 10.7. The van der Waals surface area contributed by atoms with Crippen molar-refractivity contribution < 1.29 is 4.42 Å². The molecule has 1 aromatic heterocycles. The molecule has 18 heavy (non-hydrogen) atoms. The first-order valence-electron chi connectivity index (χ1n) is 6.25. The van der Waals surface area contributed by atoms with E-state index in [-0.39, 0.29) is 6.04 Å². The molecule has 0 saturated heterocycles. The summed E-state index contributed by atoms with van der Waals surface area (Å²) < 4.78 is 5.17. The van der Waals surface area contributed by atoms with Crippen molar-refractivity contribution in [2.24, 2.45) is 0 Å². The van der Waals surface area contributed by atoms with Gasteiger partial charge in [-0.15, -0.1) is 0 Å². The second kappa shape index (κ2) is 6.07. The molecular weight excluding hydrogens is 246 g/mol. The number of benzene rings is 1. The first kappa shape index (κ1) is 13.2. The standard InChI is InChI=1S/C15H18ClNO/c1-3-5-11-6-4-7-12(10-11)14(17-2)13-8-9-18-15(13)16/h4,6-10,14,17H,3,5H2,1-2H3. The largest absolute Gasteiger partial charge is 0.453 e. The Bertz CT molecular complexity index is 507. The number of nitrogens with one attached hydrogen (secondary N) is 1. The molecule has 1 aromatic carbocycles. The van der Waals surface area contributed by atoms with Crippen LogP contribution in [0.4, 0.5) is 0 Å². The molecule has 1 atom stereocenters. The van der Waals surface area contributed by atoms with Gasteiger partial charge in [0.2, 0.25) is 0 Å². The lowest BCUT2D eigenvalue weighted by Gasteiger charge is -2.16. The molecular formula is C15H18ClNO. The van der Waals surface area contributed by atoms with Crippen LogP contribution in [0.3, 0.4) is 0 Å². The molecule has 2 rings (SSSR count). The summed E-state index contributed by atoms with van der Waals surface area (Å²) in [5, 5.41) is 3.74. The van der Waals surface area contributed by atoms with Gasteiger partial charge in [0.1, 0.15) is 0 Å². The van der Waals surface area contributed by atoms with Gasteiger partial charge in [0.05, 0.1) is 12.3 Å². The number of furan rings is 1. The third-order valence-electron chi connectivity index (χ3n) is 3.07. The van der Waals surface area contributed by atoms with Crippen LogP contribution in [0.2, 0.25) is 5.22 Å². The third kappa shape index (κ3) is 2.77. The van der Waals surface area contributed by atoms with Crippen molar-refractivity contribution in [3.8, 4) is 0 Å². The van der Waals surface area contributed by atoms with E-state index < -0.39 is 0 Å². The molecule has 0 saturated carbocycles. The summed E-state index contributed by atoms with van der Waals surface area (Å²) in [4.78, 5) is 0. The summed E-state index contributed by atoms with van der Waals surface area (Å²) in [5.74, 6) is 0. The highest BCUT2D eigenvalue weighted by Crippen LogP contribution is 2.29. The van der Waals surface area contributed by atoms with Gasteiger partial charge >= 0.3 is 0 Å². The summed E-state index contributed by atoms with van der Waals surface area (Å²) in [5.41, 5.74) is 3.55. The minimum atomic E-state index is 0.0769. The van der Waals surface area contributed by atoms with Gasteiger partial charge in [0, 0.05) is 5.56 Å². The molecule has 0 bridgehead atoms. The fourth-order valence-corrected chi connectivity index (χ4v) is 2.45. The van der Waals surface area contributed by atoms with Crippen molar-refractivity contribution in [1.29, 1.82) is 0 Å². The van der Waals surface area contributed by atoms with Gasteiger partial charge in [0.25, 0.3) is 0 Å². The van der Waals surface area contributed by atoms with Crippen LogP contribution in [0.5, 0.6) is 0 Å². The van der Waals surface area contributed by atoms with E-state index in [1.54, 1.807) is 6.26 Å². The van der Waals surface area contributed by atoms with Crippen molar-refractivity contribution in [3.05, 3.63) is 58.5 Å². The molecule has 1 heterocycles. The van der Waals surface area contributed by atoms with E-state index in [2.05, 4.69) is 36.5 Å². The molecule has 2 aromatic rings. The molecule has 0 radical (unpaired) electrons. The highest BCUT2D eigenvalue weighted by Gasteiger charge is 2.17. The molecule has 0 fully saturated rings. The van der Waals surface area contributed by atoms with Crippen LogP contribution < -0.4 is 5.32 Å². The molecule has 0 spiro atoms. The Hall–Kier alpha value is -1.25. The van der Waals surface area contributed by atoms with Crippen LogP contribution in [0, 0.1) is 0 Å². The number of rotatable bonds is 5. The zero-order chi connectivity index (χ0) is 13.0. The molecule has 0 aliphatic carbocycles. The first-order chi connectivity index (χ1) is 8.76. The van der Waals surface area contributed by atoms with Crippen LogP contribution in [0.1, 0.15) is 36.1 Å². The maximum absolute atomic E-state index is 6.06. The maximum atomic E-state index is 6.06. The minimum absolute atomic E-state index is 0.0769. The van der Waals surface area contributed by atoms with Crippen molar-refractivity contribution in [2.75, 3.05) is 7.05 Å². The van der Waals surface area contributed by atoms with E-state index in [4.69, 9.17) is 16.0 Å². The molecule has 3 heteroatoms. The Morgan fingerprint density at radius 1 is 1.33 bits per heavy atom. The first-order valence-corrected chi connectivity index (χ1v) is 6.63. The molecule has 0 aliphatic heterocycles. The predicted molar refractivity (Wildman–Crippen MR) is 75.1 cm³/mol. The smallest absolute Gasteiger partial charge is 0.198 e. The lowest BCUT2D eigenvalue weighted by Crippen LogP contribution is -2.17. The summed E-state index contributed by atoms with van der Waals surface area (Å²) >= 11 is 6.06. The summed E-state index contributed by atoms with van der Waals surface area (Å²) in [6.45, 7) is 2.19. The normalized spacial score (nSPS) is 12.6. The van der Waals surface area contributed by atoms with E-state index in [0.29, 0.717) is 5.22 Å². The lowest BCUT2D eigenvalue weighted by atomic mass is 9.98. The third-order valence-corrected chi connectivity index (χ3v) is 3.38. The molecule has 0 amide bonds. The predicted octanol–water partition coefficient (Wildman–Crippen LogP) is 4.19. The van der Waals surface area contributed by atoms with Crippen molar-refractivity contribution in [3.63, 3.8) is 0 Å². The van der Waals surface area contributed by atoms with E-state index in [9.17, 15) is 0 Å². The Morgan fingerprint density at radius 3 is 2.78 bits per heavy atom. The highest BCUT2D eigenvalue weighted by molar-refractivity contribution is 6.29. The van der Waals surface area contributed by atoms with E-state index >= 15 is 0 Å². The van der Waals surface area contributed by atoms with Crippen LogP contribution in [-0.2, 0) is 6.42 Å². The van der Waals surface area contributed by atoms with Crippen LogP contribution in [0.15, 0.2) is 41.0 Å². The van der Waals surface area contributed by atoms with Gasteiger partial charge in [0.15, 0.2) is 5.22 Å². The summed E-state index contributed by atoms with van der Waals surface area (Å²) in [7, 11) is 1.93. The minimum Gasteiger partial charge on any atom is -0.453 e. The molecule has 96 valence electrons. The summed E-state index contributed by atoms with van der Waals surface area (Å²) in [6.07, 6.45) is 3.88. The molecule has 2 nitrogen and oxygen atoms in total. The van der Waals surface area contributed by atoms with Crippen LogP contribution >= 0.6 is 11.6 Å². The monoisotopic (exact) mass is 263 g/mol. The fraction of sp³-hybridized carbons (Fsp3) is 0.333. The quantitative estimate of drug-likeness (QED) is 0.875. The number of hydrogen-bond acceptors (Lipinski definition) is 2. The average Bonchev–Trinajstić information content (AvgIpc) is 2.78. The van der Waals surface area contributed by atoms with E-state index in [1.807, 2.05) is 13.1 Å². The molecule has 1 unspecified atom stereocenters. The fourth-order valence-electron chi connectivity index (χ4n) is 2.23. The van der Waals surface area contributed by atoms with Gasteiger partial charge in [-0.25, -0.2) is 0 Å². The van der Waals surface area contributed by atoms with E-state index in [0.717, 1.165) is 18.4 Å². The number of halogens is 1. The van der Waals surface area contributed by atoms with Gasteiger partial charge < -0.3 is 9.73 Å². The topological polar surface area (TPSA) is 25.2 Å². The Kier molecular flexibility index (Phi) is 4.45. The van der Waals surface area contributed by atoms with Crippen LogP contribution in [0.25, 0.3) is 0 Å². The van der Waals surface area contributed by atoms with Gasteiger partial charge in [-0.05, 0) is 42.3 Å². The van der Waals surface area contributed by atoms with E-state index in [1.165, 1.54) is 11.1 Å². The average molecular weight is 264 g/mol. The van der Waals surface area contributed by atoms with Gasteiger partial charge in [-0.1, -0.05) is 37.6 Å². The number of aryl methyl sites for hydroxylation is 1. The second-order valence-electron chi connectivity index (χ2n) is 4.37. The van der Waals surface area contributed by atoms with Crippen LogP contribution in [-0.4, -0.2) is 7.05 Å². The van der Waals surface area contributed by atoms with Crippen molar-refractivity contribution >= 4 is 11.6 Å². The Labute approximate surface area is 113 Å². The summed E-state index contributed by atoms with van der Waals surface area (Å²) in [6, 6.07) is 10.6. The SMILES string of the molecule is CCCc1cccc(C(NC)c2ccoc2Cl)c1. The maximum Gasteiger partial charge on any atom is 0.198 e. The van der Waals surface area contributed by atoms with Crippen molar-refractivity contribution in [2.45, 2.75) is 25.8 Å². The van der Waals surface area contributed by atoms with Crippen molar-refractivity contribution in [1.82, 2.24) is 5.32 Å². The second-order valence-corrected chi connectivity index (χ2v) is 4.71. The Balaban J connectivity index is 2.33. The zero-order valence-corrected chi connectivity index (χ0v) is 11.5. The Morgan fingerprint density at radius 2 is 2.17 bits per heavy atom.